The lowest BCUT2D eigenvalue weighted by molar-refractivity contribution is -0.139. The minimum atomic E-state index is -0.720. The quantitative estimate of drug-likeness (QED) is 0.481. The predicted molar refractivity (Wildman–Crippen MR) is 149 cm³/mol. The molecule has 7 nitrogen and oxygen atoms in total. The molecular weight excluding hydrogens is 498 g/mol. The standard InChI is InChI=1S/C30H31N3O4S/c1-7-32-21-12-10-9-11-20(21)23(26(32)34)25-27(35)33-24(18-13-15-19(16-14-18)30(4,5)6)22(28(36)37-8-2)17(3)31-29(33)38-25/h9-16,24H,7-8H2,1-6H3/b25-23-/t24-/m0/s1. The number of thiazole rings is 1. The van der Waals surface area contributed by atoms with Gasteiger partial charge >= 0.3 is 5.97 Å². The van der Waals surface area contributed by atoms with Crippen LogP contribution in [0.25, 0.3) is 5.57 Å². The van der Waals surface area contributed by atoms with Gasteiger partial charge in [0.15, 0.2) is 4.80 Å². The van der Waals surface area contributed by atoms with Crippen LogP contribution in [-0.4, -0.2) is 29.6 Å². The van der Waals surface area contributed by atoms with Crippen LogP contribution in [0.15, 0.2) is 69.6 Å². The molecular formula is C30H31N3O4S. The monoisotopic (exact) mass is 529 g/mol. The summed E-state index contributed by atoms with van der Waals surface area (Å²) < 4.78 is 7.27. The molecule has 3 heterocycles. The Morgan fingerprint density at radius 2 is 1.74 bits per heavy atom. The van der Waals surface area contributed by atoms with Crippen LogP contribution in [0.1, 0.15) is 64.3 Å². The smallest absolute Gasteiger partial charge is 0.338 e. The van der Waals surface area contributed by atoms with Crippen molar-refractivity contribution >= 4 is 34.5 Å². The van der Waals surface area contributed by atoms with E-state index in [1.165, 1.54) is 11.3 Å². The van der Waals surface area contributed by atoms with E-state index in [4.69, 9.17) is 4.74 Å². The molecule has 2 aromatic carbocycles. The van der Waals surface area contributed by atoms with Crippen LogP contribution in [0.5, 0.6) is 0 Å². The molecule has 196 valence electrons. The Morgan fingerprint density at radius 1 is 1.05 bits per heavy atom. The number of aromatic nitrogens is 1. The number of nitrogens with zero attached hydrogens (tertiary/aromatic N) is 3. The van der Waals surface area contributed by atoms with Crippen molar-refractivity contribution < 1.29 is 14.3 Å². The first-order chi connectivity index (χ1) is 18.1. The molecule has 8 heteroatoms. The Hall–Kier alpha value is -3.78. The lowest BCUT2D eigenvalue weighted by Crippen LogP contribution is -2.41. The first-order valence-corrected chi connectivity index (χ1v) is 13.6. The number of para-hydroxylation sites is 1. The van der Waals surface area contributed by atoms with Crippen LogP contribution >= 0.6 is 11.3 Å². The lowest BCUT2D eigenvalue weighted by atomic mass is 9.85. The van der Waals surface area contributed by atoms with Gasteiger partial charge in [-0.25, -0.2) is 9.79 Å². The van der Waals surface area contributed by atoms with Gasteiger partial charge in [0, 0.05) is 12.1 Å². The molecule has 0 bridgehead atoms. The third-order valence-corrected chi connectivity index (χ3v) is 8.10. The van der Waals surface area contributed by atoms with Crippen molar-refractivity contribution in [2.75, 3.05) is 18.1 Å². The number of benzene rings is 2. The second-order valence-corrected chi connectivity index (χ2v) is 11.4. The van der Waals surface area contributed by atoms with E-state index in [0.717, 1.165) is 22.4 Å². The van der Waals surface area contributed by atoms with E-state index in [9.17, 15) is 14.4 Å². The predicted octanol–water partition coefficient (Wildman–Crippen LogP) is 3.83. The van der Waals surface area contributed by atoms with Crippen molar-refractivity contribution in [2.45, 2.75) is 53.0 Å². The summed E-state index contributed by atoms with van der Waals surface area (Å²) in [6, 6.07) is 14.8. The minimum absolute atomic E-state index is 0.0499. The number of amides is 1. The average Bonchev–Trinajstić information content (AvgIpc) is 3.34. The van der Waals surface area contributed by atoms with Crippen molar-refractivity contribution in [1.29, 1.82) is 0 Å². The minimum Gasteiger partial charge on any atom is -0.463 e. The topological polar surface area (TPSA) is 81.0 Å². The fraction of sp³-hybridized carbons (Fsp3) is 0.333. The van der Waals surface area contributed by atoms with E-state index in [-0.39, 0.29) is 23.5 Å². The molecule has 0 N–H and O–H groups in total. The highest BCUT2D eigenvalue weighted by Crippen LogP contribution is 2.35. The third kappa shape index (κ3) is 4.04. The van der Waals surface area contributed by atoms with E-state index in [1.54, 1.807) is 23.3 Å². The molecule has 2 aliphatic rings. The summed E-state index contributed by atoms with van der Waals surface area (Å²) >= 11 is 1.19. The number of fused-ring (bicyclic) bond motifs is 2. The Bertz CT molecular complexity index is 1670. The van der Waals surface area contributed by atoms with E-state index in [1.807, 2.05) is 55.5 Å². The lowest BCUT2D eigenvalue weighted by Gasteiger charge is -2.26. The summed E-state index contributed by atoms with van der Waals surface area (Å²) in [5.74, 6) is -0.706. The van der Waals surface area contributed by atoms with Crippen molar-refractivity contribution in [3.05, 3.63) is 96.2 Å². The van der Waals surface area contributed by atoms with E-state index >= 15 is 0 Å². The van der Waals surface area contributed by atoms with Gasteiger partial charge in [0.1, 0.15) is 4.53 Å². The van der Waals surface area contributed by atoms with Gasteiger partial charge in [-0.1, -0.05) is 74.6 Å². The first kappa shape index (κ1) is 25.9. The molecule has 0 fully saturated rings. The molecule has 0 saturated heterocycles. The second kappa shape index (κ2) is 9.51. The van der Waals surface area contributed by atoms with Gasteiger partial charge in [0.05, 0.1) is 35.2 Å². The largest absolute Gasteiger partial charge is 0.463 e. The fourth-order valence-corrected chi connectivity index (χ4v) is 6.27. The van der Waals surface area contributed by atoms with Gasteiger partial charge in [-0.05, 0) is 43.4 Å². The maximum absolute atomic E-state index is 14.1. The molecule has 38 heavy (non-hydrogen) atoms. The second-order valence-electron chi connectivity index (χ2n) is 10.4. The van der Waals surface area contributed by atoms with Crippen molar-refractivity contribution in [3.8, 4) is 0 Å². The van der Waals surface area contributed by atoms with Crippen LogP contribution < -0.4 is 19.8 Å². The van der Waals surface area contributed by atoms with Gasteiger partial charge in [-0.2, -0.15) is 0 Å². The summed E-state index contributed by atoms with van der Waals surface area (Å²) in [6.07, 6.45) is 0. The van der Waals surface area contributed by atoms with Gasteiger partial charge in [-0.15, -0.1) is 0 Å². The summed E-state index contributed by atoms with van der Waals surface area (Å²) in [5, 5.41) is 0. The summed E-state index contributed by atoms with van der Waals surface area (Å²) in [6.45, 7) is 12.5. The molecule has 2 aliphatic heterocycles. The highest BCUT2D eigenvalue weighted by molar-refractivity contribution is 7.07. The van der Waals surface area contributed by atoms with E-state index in [0.29, 0.717) is 32.7 Å². The first-order valence-electron chi connectivity index (χ1n) is 12.8. The average molecular weight is 530 g/mol. The van der Waals surface area contributed by atoms with Crippen LogP contribution in [0.4, 0.5) is 5.69 Å². The van der Waals surface area contributed by atoms with Crippen molar-refractivity contribution in [3.63, 3.8) is 0 Å². The normalized spacial score (nSPS) is 18.3. The number of anilines is 1. The summed E-state index contributed by atoms with van der Waals surface area (Å²) in [7, 11) is 0. The van der Waals surface area contributed by atoms with Gasteiger partial charge in [0.25, 0.3) is 11.5 Å². The van der Waals surface area contributed by atoms with E-state index in [2.05, 4.69) is 25.8 Å². The number of carbonyl (C=O) groups excluding carboxylic acids is 2. The van der Waals surface area contributed by atoms with Crippen LogP contribution in [0.3, 0.4) is 0 Å². The Balaban J connectivity index is 1.79. The molecule has 0 spiro atoms. The molecule has 0 saturated carbocycles. The van der Waals surface area contributed by atoms with Crippen LogP contribution in [0, 0.1) is 0 Å². The van der Waals surface area contributed by atoms with E-state index < -0.39 is 12.0 Å². The molecule has 1 aromatic heterocycles. The number of hydrogen-bond donors (Lipinski definition) is 0. The van der Waals surface area contributed by atoms with Gasteiger partial charge < -0.3 is 9.64 Å². The number of rotatable bonds is 4. The Labute approximate surface area is 225 Å². The zero-order valence-electron chi connectivity index (χ0n) is 22.5. The molecule has 1 amide bonds. The van der Waals surface area contributed by atoms with Crippen LogP contribution in [0.2, 0.25) is 0 Å². The summed E-state index contributed by atoms with van der Waals surface area (Å²) in [5.41, 5.74) is 4.26. The highest BCUT2D eigenvalue weighted by atomic mass is 32.1. The highest BCUT2D eigenvalue weighted by Gasteiger charge is 2.37. The molecule has 0 radical (unpaired) electrons. The van der Waals surface area contributed by atoms with Gasteiger partial charge in [0.2, 0.25) is 0 Å². The maximum Gasteiger partial charge on any atom is 0.338 e. The zero-order chi connectivity index (χ0) is 27.4. The molecule has 1 atom stereocenters. The molecule has 0 aliphatic carbocycles. The number of likely N-dealkylation sites (N-methyl/N-ethyl adjacent to an activating group) is 1. The number of allylic oxidation sites excluding steroid dienone is 1. The third-order valence-electron chi connectivity index (χ3n) is 7.05. The number of carbonyl (C=O) groups is 2. The molecule has 0 unspecified atom stereocenters. The zero-order valence-corrected chi connectivity index (χ0v) is 23.3. The van der Waals surface area contributed by atoms with Crippen molar-refractivity contribution in [2.24, 2.45) is 4.99 Å². The van der Waals surface area contributed by atoms with Gasteiger partial charge in [-0.3, -0.25) is 14.2 Å². The molecule has 5 rings (SSSR count). The maximum atomic E-state index is 14.1. The van der Waals surface area contributed by atoms with Crippen LogP contribution in [-0.2, 0) is 19.7 Å². The Morgan fingerprint density at radius 3 is 2.37 bits per heavy atom. The molecule has 3 aromatic rings. The Kier molecular flexibility index (Phi) is 6.47. The SMILES string of the molecule is CCOC(=O)C1=C(C)N=c2s/c(=C3\C(=O)N(CC)c4ccccc43)c(=O)n2[C@H]1c1ccc(C(C)(C)C)cc1. The van der Waals surface area contributed by atoms with Crippen molar-refractivity contribution in [1.82, 2.24) is 4.57 Å². The number of ether oxygens (including phenoxy) is 1. The fourth-order valence-electron chi connectivity index (χ4n) is 5.14. The number of hydrogen-bond acceptors (Lipinski definition) is 6. The number of esters is 1. The summed E-state index contributed by atoms with van der Waals surface area (Å²) in [4.78, 5) is 47.6.